The normalized spacial score (nSPS) is 11.3. The van der Waals surface area contributed by atoms with Gasteiger partial charge in [-0.2, -0.15) is 0 Å². The van der Waals surface area contributed by atoms with Gasteiger partial charge in [-0.15, -0.1) is 21.5 Å². The molecule has 3 rings (SSSR count). The number of amides is 1. The average Bonchev–Trinajstić information content (AvgIpc) is 3.33. The van der Waals surface area contributed by atoms with Gasteiger partial charge in [0.2, 0.25) is 5.91 Å². The highest BCUT2D eigenvalue weighted by atomic mass is 32.2. The predicted molar refractivity (Wildman–Crippen MR) is 124 cm³/mol. The van der Waals surface area contributed by atoms with Crippen molar-refractivity contribution in [1.82, 2.24) is 14.8 Å². The lowest BCUT2D eigenvalue weighted by Gasteiger charge is -2.13. The fourth-order valence-corrected chi connectivity index (χ4v) is 4.70. The van der Waals surface area contributed by atoms with E-state index >= 15 is 0 Å². The van der Waals surface area contributed by atoms with Crippen LogP contribution in [0.1, 0.15) is 61.8 Å². The summed E-state index contributed by atoms with van der Waals surface area (Å²) in [6, 6.07) is 9.22. The molecule has 2 aromatic heterocycles. The largest absolute Gasteiger partial charge is 0.325 e. The highest BCUT2D eigenvalue weighted by Crippen LogP contribution is 2.32. The van der Waals surface area contributed by atoms with Crippen LogP contribution >= 0.6 is 23.1 Å². The van der Waals surface area contributed by atoms with Crippen LogP contribution in [0.3, 0.4) is 0 Å². The molecule has 3 aromatic rings. The molecule has 1 amide bonds. The van der Waals surface area contributed by atoms with Gasteiger partial charge in [-0.3, -0.25) is 14.2 Å². The van der Waals surface area contributed by atoms with Gasteiger partial charge in [0, 0.05) is 33.1 Å². The number of aromatic nitrogens is 3. The summed E-state index contributed by atoms with van der Waals surface area (Å²) in [5.74, 6) is 1.39. The van der Waals surface area contributed by atoms with E-state index in [2.05, 4.69) is 59.2 Å². The Morgan fingerprint density at radius 2 is 1.83 bits per heavy atom. The number of ketones is 1. The number of Topliss-reactive ketones (excluding diaryl/α,β-unsaturated/α-hetero) is 1. The summed E-state index contributed by atoms with van der Waals surface area (Å²) < 4.78 is 2.08. The van der Waals surface area contributed by atoms with Crippen LogP contribution in [0, 0.1) is 0 Å². The number of anilines is 1. The van der Waals surface area contributed by atoms with Gasteiger partial charge in [-0.1, -0.05) is 25.6 Å². The van der Waals surface area contributed by atoms with Crippen molar-refractivity contribution in [2.45, 2.75) is 51.7 Å². The lowest BCUT2D eigenvalue weighted by atomic mass is 10.1. The van der Waals surface area contributed by atoms with E-state index in [1.807, 2.05) is 0 Å². The van der Waals surface area contributed by atoms with E-state index in [0.717, 1.165) is 16.5 Å². The molecule has 8 heteroatoms. The van der Waals surface area contributed by atoms with Gasteiger partial charge in [0.25, 0.3) is 0 Å². The summed E-state index contributed by atoms with van der Waals surface area (Å²) in [6.45, 7) is 10.0. The van der Waals surface area contributed by atoms with Crippen molar-refractivity contribution >= 4 is 40.5 Å². The van der Waals surface area contributed by atoms with E-state index < -0.39 is 0 Å². The highest BCUT2D eigenvalue weighted by molar-refractivity contribution is 7.99. The van der Waals surface area contributed by atoms with Crippen molar-refractivity contribution < 1.29 is 9.59 Å². The van der Waals surface area contributed by atoms with E-state index in [1.165, 1.54) is 23.6 Å². The van der Waals surface area contributed by atoms with Crippen molar-refractivity contribution in [1.29, 1.82) is 0 Å². The van der Waals surface area contributed by atoms with Crippen LogP contribution in [0.2, 0.25) is 0 Å². The van der Waals surface area contributed by atoms with E-state index in [0.29, 0.717) is 17.2 Å². The number of benzene rings is 1. The van der Waals surface area contributed by atoms with Crippen molar-refractivity contribution in [2.24, 2.45) is 0 Å². The first-order chi connectivity index (χ1) is 14.3. The molecule has 0 aliphatic rings. The minimum atomic E-state index is -0.131. The molecule has 1 aromatic carbocycles. The molecule has 30 heavy (non-hydrogen) atoms. The Bertz CT molecular complexity index is 1040. The van der Waals surface area contributed by atoms with Gasteiger partial charge in [-0.05, 0) is 57.0 Å². The lowest BCUT2D eigenvalue weighted by molar-refractivity contribution is -0.113. The van der Waals surface area contributed by atoms with Crippen LogP contribution in [0.15, 0.2) is 40.9 Å². The van der Waals surface area contributed by atoms with Gasteiger partial charge in [0.1, 0.15) is 0 Å². The number of nitrogens with zero attached hydrogens (tertiary/aromatic N) is 3. The number of thioether (sulfide) groups is 1. The Hall–Kier alpha value is -2.45. The first-order valence-electron chi connectivity index (χ1n) is 9.83. The molecule has 0 radical (unpaired) electrons. The molecule has 158 valence electrons. The third-order valence-corrected chi connectivity index (χ3v) is 6.71. The van der Waals surface area contributed by atoms with Crippen LogP contribution < -0.4 is 5.32 Å². The fourth-order valence-electron chi connectivity index (χ4n) is 2.93. The van der Waals surface area contributed by atoms with Crippen LogP contribution in [0.25, 0.3) is 11.4 Å². The third-order valence-electron chi connectivity index (χ3n) is 4.54. The van der Waals surface area contributed by atoms with Crippen molar-refractivity contribution in [3.63, 3.8) is 0 Å². The molecule has 0 saturated carbocycles. The zero-order chi connectivity index (χ0) is 21.8. The summed E-state index contributed by atoms with van der Waals surface area (Å²) in [6.07, 6.45) is 0. The molecule has 0 aliphatic carbocycles. The molecule has 0 atom stereocenters. The van der Waals surface area contributed by atoms with E-state index in [9.17, 15) is 9.59 Å². The number of hydrogen-bond donors (Lipinski definition) is 1. The quantitative estimate of drug-likeness (QED) is 0.361. The highest BCUT2D eigenvalue weighted by Gasteiger charge is 2.19. The summed E-state index contributed by atoms with van der Waals surface area (Å²) in [5.41, 5.74) is 2.34. The van der Waals surface area contributed by atoms with Gasteiger partial charge < -0.3 is 5.32 Å². The molecule has 0 unspecified atom stereocenters. The Kier molecular flexibility index (Phi) is 7.10. The molecule has 6 nitrogen and oxygen atoms in total. The molecular formula is C22H26N4O2S2. The second-order valence-corrected chi connectivity index (χ2v) is 9.52. The SMILES string of the molecule is CC(=O)c1ccc(NC(=O)CSc2nnc(-c3csc(C(C)C)c3)n2C(C)C)cc1. The molecule has 0 spiro atoms. The molecule has 2 heterocycles. The first-order valence-corrected chi connectivity index (χ1v) is 11.7. The standard InChI is InChI=1S/C22H26N4O2S2/c1-13(2)19-10-17(11-29-19)21-24-25-22(26(21)14(3)4)30-12-20(28)23-18-8-6-16(7-9-18)15(5)27/h6-11,13-14H,12H2,1-5H3,(H,23,28). The number of thiophene rings is 1. The third kappa shape index (κ3) is 5.17. The van der Waals surface area contributed by atoms with Crippen LogP contribution in [0.4, 0.5) is 5.69 Å². The van der Waals surface area contributed by atoms with Crippen molar-refractivity contribution in [3.8, 4) is 11.4 Å². The van der Waals surface area contributed by atoms with E-state index in [4.69, 9.17) is 0 Å². The van der Waals surface area contributed by atoms with E-state index in [-0.39, 0.29) is 23.5 Å². The minimum Gasteiger partial charge on any atom is -0.325 e. The van der Waals surface area contributed by atoms with Crippen LogP contribution in [-0.2, 0) is 4.79 Å². The number of carbonyl (C=O) groups excluding carboxylic acids is 2. The van der Waals surface area contributed by atoms with Crippen molar-refractivity contribution in [2.75, 3.05) is 11.1 Å². The molecule has 0 fully saturated rings. The van der Waals surface area contributed by atoms with Gasteiger partial charge in [0.05, 0.1) is 5.75 Å². The van der Waals surface area contributed by atoms with Crippen LogP contribution in [-0.4, -0.2) is 32.2 Å². The summed E-state index contributed by atoms with van der Waals surface area (Å²) in [5, 5.41) is 14.4. The predicted octanol–water partition coefficient (Wildman–Crippen LogP) is 5.64. The first kappa shape index (κ1) is 22.2. The van der Waals surface area contributed by atoms with Crippen molar-refractivity contribution in [3.05, 3.63) is 46.2 Å². The Labute approximate surface area is 185 Å². The minimum absolute atomic E-state index is 0.00149. The maximum atomic E-state index is 12.4. The number of nitrogens with one attached hydrogen (secondary N) is 1. The Morgan fingerprint density at radius 1 is 1.13 bits per heavy atom. The zero-order valence-electron chi connectivity index (χ0n) is 17.8. The van der Waals surface area contributed by atoms with Crippen LogP contribution in [0.5, 0.6) is 0 Å². The molecule has 1 N–H and O–H groups in total. The summed E-state index contributed by atoms with van der Waals surface area (Å²) in [4.78, 5) is 25.1. The summed E-state index contributed by atoms with van der Waals surface area (Å²) >= 11 is 3.10. The van der Waals surface area contributed by atoms with Gasteiger partial charge >= 0.3 is 0 Å². The smallest absolute Gasteiger partial charge is 0.234 e. The average molecular weight is 443 g/mol. The lowest BCUT2D eigenvalue weighted by Crippen LogP contribution is -2.15. The maximum absolute atomic E-state index is 12.4. The maximum Gasteiger partial charge on any atom is 0.234 e. The fraction of sp³-hybridized carbons (Fsp3) is 0.364. The van der Waals surface area contributed by atoms with Gasteiger partial charge in [-0.25, -0.2) is 0 Å². The molecular weight excluding hydrogens is 416 g/mol. The van der Waals surface area contributed by atoms with Gasteiger partial charge in [0.15, 0.2) is 16.8 Å². The Balaban J connectivity index is 1.69. The van der Waals surface area contributed by atoms with E-state index in [1.54, 1.807) is 35.6 Å². The summed E-state index contributed by atoms with van der Waals surface area (Å²) in [7, 11) is 0. The molecule has 0 bridgehead atoms. The monoisotopic (exact) mass is 442 g/mol. The number of rotatable bonds is 8. The second kappa shape index (κ2) is 9.57. The number of hydrogen-bond acceptors (Lipinski definition) is 6. The Morgan fingerprint density at radius 3 is 2.40 bits per heavy atom. The number of carbonyl (C=O) groups is 2. The molecule has 0 saturated heterocycles. The second-order valence-electron chi connectivity index (χ2n) is 7.63. The molecule has 0 aliphatic heterocycles. The topological polar surface area (TPSA) is 76.9 Å². The zero-order valence-corrected chi connectivity index (χ0v) is 19.4.